The van der Waals surface area contributed by atoms with Gasteiger partial charge in [-0.05, 0) is 23.8 Å². The van der Waals surface area contributed by atoms with Crippen LogP contribution in [0.4, 0.5) is 22.7 Å². The van der Waals surface area contributed by atoms with Crippen LogP contribution in [0.3, 0.4) is 0 Å². The Hall–Kier alpha value is -4.42. The molecule has 0 heterocycles. The Balaban J connectivity index is 2.66. The summed E-state index contributed by atoms with van der Waals surface area (Å²) in [5, 5.41) is 56.0. The lowest BCUT2D eigenvalue weighted by molar-refractivity contribution is -0.403. The van der Waals surface area contributed by atoms with E-state index in [4.69, 9.17) is 0 Å². The molecule has 13 heteroatoms. The third-order valence-corrected chi connectivity index (χ3v) is 3.36. The number of hydrogen-bond acceptors (Lipinski definition) is 9. The number of hydrogen-bond donors (Lipinski definition) is 0. The quantitative estimate of drug-likeness (QED) is 0.314. The molecule has 0 aliphatic rings. The lowest BCUT2D eigenvalue weighted by atomic mass is 10.1. The molecule has 0 saturated carbocycles. The zero-order valence-corrected chi connectivity index (χ0v) is 13.0. The van der Waals surface area contributed by atoms with E-state index in [2.05, 4.69) is 0 Å². The molecule has 0 radical (unpaired) electrons. The van der Waals surface area contributed by atoms with Gasteiger partial charge in [-0.15, -0.1) is 5.76 Å². The minimum Gasteiger partial charge on any atom is -0.872 e. The first-order chi connectivity index (χ1) is 12.6. The SMILES string of the molecule is O=[N+]([O-])c1ccc(/C([O-])=C/c2c([N+](=O)[O-])cc([N+](=O)[O-])cc2[N+](=O)[O-])cc1. The zero-order valence-electron chi connectivity index (χ0n) is 13.0. The number of nitrogens with zero attached hydrogens (tertiary/aromatic N) is 4. The van der Waals surface area contributed by atoms with Crippen molar-refractivity contribution in [3.63, 3.8) is 0 Å². The minimum atomic E-state index is -1.09. The Bertz CT molecular complexity index is 963. The summed E-state index contributed by atoms with van der Waals surface area (Å²) in [5.41, 5.74) is -4.02. The van der Waals surface area contributed by atoms with Crippen LogP contribution >= 0.6 is 0 Å². The van der Waals surface area contributed by atoms with Crippen molar-refractivity contribution in [2.45, 2.75) is 0 Å². The average Bonchev–Trinajstić information content (AvgIpc) is 2.61. The van der Waals surface area contributed by atoms with Crippen LogP contribution in [0.2, 0.25) is 0 Å². The second kappa shape index (κ2) is 7.22. The van der Waals surface area contributed by atoms with Gasteiger partial charge in [-0.25, -0.2) is 0 Å². The number of rotatable bonds is 6. The molecule has 0 aliphatic carbocycles. The highest BCUT2D eigenvalue weighted by atomic mass is 16.6. The summed E-state index contributed by atoms with van der Waals surface area (Å²) in [4.78, 5) is 39.8. The fourth-order valence-corrected chi connectivity index (χ4v) is 2.13. The predicted octanol–water partition coefficient (Wildman–Crippen LogP) is 2.18. The first-order valence-corrected chi connectivity index (χ1v) is 6.86. The molecule has 0 fully saturated rings. The largest absolute Gasteiger partial charge is 0.872 e. The predicted molar refractivity (Wildman–Crippen MR) is 87.4 cm³/mol. The van der Waals surface area contributed by atoms with Crippen LogP contribution in [-0.2, 0) is 0 Å². The van der Waals surface area contributed by atoms with Crippen molar-refractivity contribution >= 4 is 34.6 Å². The molecule has 0 atom stereocenters. The van der Waals surface area contributed by atoms with Crippen molar-refractivity contribution in [1.82, 2.24) is 0 Å². The molecule has 0 aliphatic heterocycles. The van der Waals surface area contributed by atoms with Crippen LogP contribution in [0.5, 0.6) is 0 Å². The standard InChI is InChI=1S/C14H8N4O9/c19-14(8-1-3-9(4-2-8)15(20)21)7-11-12(17(24)25)5-10(16(22)23)6-13(11)18(26)27/h1-7,19H/p-1/b14-7-. The maximum Gasteiger partial charge on any atom is 0.290 e. The molecule has 0 saturated heterocycles. The Labute approximate surface area is 148 Å². The van der Waals surface area contributed by atoms with E-state index < -0.39 is 48.1 Å². The van der Waals surface area contributed by atoms with Gasteiger partial charge in [-0.1, -0.05) is 0 Å². The maximum atomic E-state index is 12.3. The molecule has 0 aromatic heterocycles. The highest BCUT2D eigenvalue weighted by Gasteiger charge is 2.29. The van der Waals surface area contributed by atoms with Crippen LogP contribution in [0.25, 0.3) is 11.8 Å². The third kappa shape index (κ3) is 3.98. The van der Waals surface area contributed by atoms with Gasteiger partial charge >= 0.3 is 0 Å². The summed E-state index contributed by atoms with van der Waals surface area (Å²) in [6.07, 6.45) is 0.584. The van der Waals surface area contributed by atoms with Gasteiger partial charge in [-0.2, -0.15) is 0 Å². The van der Waals surface area contributed by atoms with E-state index >= 15 is 0 Å². The Morgan fingerprint density at radius 1 is 0.704 bits per heavy atom. The van der Waals surface area contributed by atoms with Crippen molar-refractivity contribution in [2.75, 3.05) is 0 Å². The molecule has 0 bridgehead atoms. The number of benzene rings is 2. The molecule has 0 unspecified atom stereocenters. The van der Waals surface area contributed by atoms with Crippen molar-refractivity contribution in [2.24, 2.45) is 0 Å². The van der Waals surface area contributed by atoms with Crippen LogP contribution in [0.1, 0.15) is 11.1 Å². The lowest BCUT2D eigenvalue weighted by Crippen LogP contribution is -2.05. The lowest BCUT2D eigenvalue weighted by Gasteiger charge is -2.12. The molecule has 13 nitrogen and oxygen atoms in total. The molecule has 2 rings (SSSR count). The summed E-state index contributed by atoms with van der Waals surface area (Å²) in [7, 11) is 0. The zero-order chi connectivity index (χ0) is 20.3. The van der Waals surface area contributed by atoms with Gasteiger partial charge in [0.15, 0.2) is 0 Å². The van der Waals surface area contributed by atoms with Crippen molar-refractivity contribution in [3.05, 3.63) is 88.0 Å². The van der Waals surface area contributed by atoms with Gasteiger partial charge in [0.1, 0.15) is 5.56 Å². The summed E-state index contributed by atoms with van der Waals surface area (Å²) >= 11 is 0. The molecule has 0 spiro atoms. The van der Waals surface area contributed by atoms with E-state index in [1.807, 2.05) is 0 Å². The summed E-state index contributed by atoms with van der Waals surface area (Å²) in [6, 6.07) is 5.17. The minimum absolute atomic E-state index is 0.123. The average molecular weight is 375 g/mol. The normalized spacial score (nSPS) is 11.0. The molecule has 0 N–H and O–H groups in total. The van der Waals surface area contributed by atoms with Gasteiger partial charge in [0.2, 0.25) is 0 Å². The smallest absolute Gasteiger partial charge is 0.290 e. The van der Waals surface area contributed by atoms with Crippen LogP contribution in [0.15, 0.2) is 36.4 Å². The molecule has 2 aromatic carbocycles. The number of non-ortho nitro benzene ring substituents is 2. The third-order valence-electron chi connectivity index (χ3n) is 3.36. The second-order valence-corrected chi connectivity index (χ2v) is 4.98. The molecular weight excluding hydrogens is 368 g/mol. The molecule has 138 valence electrons. The van der Waals surface area contributed by atoms with Crippen LogP contribution in [0, 0.1) is 40.5 Å². The second-order valence-electron chi connectivity index (χ2n) is 4.98. The van der Waals surface area contributed by atoms with E-state index in [1.54, 1.807) is 0 Å². The van der Waals surface area contributed by atoms with Crippen molar-refractivity contribution in [1.29, 1.82) is 0 Å². The topological polar surface area (TPSA) is 196 Å². The summed E-state index contributed by atoms with van der Waals surface area (Å²) in [6.45, 7) is 0. The molecule has 27 heavy (non-hydrogen) atoms. The van der Waals surface area contributed by atoms with Crippen LogP contribution < -0.4 is 5.11 Å². The monoisotopic (exact) mass is 375 g/mol. The van der Waals surface area contributed by atoms with E-state index in [0.29, 0.717) is 18.2 Å². The van der Waals surface area contributed by atoms with E-state index in [-0.39, 0.29) is 11.3 Å². The first kappa shape index (κ1) is 18.9. The Morgan fingerprint density at radius 2 is 1.15 bits per heavy atom. The van der Waals surface area contributed by atoms with E-state index in [0.717, 1.165) is 24.3 Å². The highest BCUT2D eigenvalue weighted by Crippen LogP contribution is 2.35. The fraction of sp³-hybridized carbons (Fsp3) is 0. The Morgan fingerprint density at radius 3 is 1.52 bits per heavy atom. The van der Waals surface area contributed by atoms with Gasteiger partial charge in [0.05, 0.1) is 31.8 Å². The highest BCUT2D eigenvalue weighted by molar-refractivity contribution is 5.84. The van der Waals surface area contributed by atoms with Gasteiger partial charge < -0.3 is 5.11 Å². The van der Waals surface area contributed by atoms with Gasteiger partial charge in [0.25, 0.3) is 22.7 Å². The first-order valence-electron chi connectivity index (χ1n) is 6.86. The summed E-state index contributed by atoms with van der Waals surface area (Å²) in [5.74, 6) is -0.912. The van der Waals surface area contributed by atoms with Gasteiger partial charge in [0, 0.05) is 12.1 Å². The van der Waals surface area contributed by atoms with Gasteiger partial charge in [-0.3, -0.25) is 40.5 Å². The van der Waals surface area contributed by atoms with Crippen molar-refractivity contribution < 1.29 is 24.8 Å². The summed E-state index contributed by atoms with van der Waals surface area (Å²) < 4.78 is 0. The van der Waals surface area contributed by atoms with Crippen molar-refractivity contribution in [3.8, 4) is 0 Å². The maximum absolute atomic E-state index is 12.3. The molecular formula is C14H7N4O9-. The molecule has 0 amide bonds. The fourth-order valence-electron chi connectivity index (χ4n) is 2.13. The number of nitro benzene ring substituents is 4. The van der Waals surface area contributed by atoms with E-state index in [1.165, 1.54) is 0 Å². The van der Waals surface area contributed by atoms with Crippen LogP contribution in [-0.4, -0.2) is 19.7 Å². The number of nitro groups is 4. The Kier molecular flexibility index (Phi) is 5.06. The molecule has 2 aromatic rings. The van der Waals surface area contributed by atoms with E-state index in [9.17, 15) is 45.6 Å².